The molecule has 2 fully saturated rings. The molecular weight excluding hydrogens is 502 g/mol. The summed E-state index contributed by atoms with van der Waals surface area (Å²) in [7, 11) is 2.96. The largest absolute Gasteiger partial charge is 0.496 e. The van der Waals surface area contributed by atoms with Gasteiger partial charge in [-0.05, 0) is 92.1 Å². The number of nitrogens with zero attached hydrogens (tertiary/aromatic N) is 2. The Labute approximate surface area is 224 Å². The summed E-state index contributed by atoms with van der Waals surface area (Å²) in [5, 5.41) is 10.2. The number of nitrogens with one attached hydrogen (secondary N) is 2. The summed E-state index contributed by atoms with van der Waals surface area (Å²) >= 11 is 0. The van der Waals surface area contributed by atoms with Crippen molar-refractivity contribution in [2.24, 2.45) is 5.92 Å². The van der Waals surface area contributed by atoms with Crippen LogP contribution in [0.2, 0.25) is 0 Å². The van der Waals surface area contributed by atoms with Gasteiger partial charge in [-0.1, -0.05) is 0 Å². The monoisotopic (exact) mass is 530 g/mol. The zero-order valence-electron chi connectivity index (χ0n) is 21.9. The number of carbonyl (C=O) groups is 2. The second-order valence-electron chi connectivity index (χ2n) is 10.4. The summed E-state index contributed by atoms with van der Waals surface area (Å²) < 4.78 is 36.7. The lowest BCUT2D eigenvalue weighted by atomic mass is 9.95. The Balaban J connectivity index is 1.49. The number of methoxy groups -OCH3 is 1. The molecule has 2 aliphatic rings. The summed E-state index contributed by atoms with van der Waals surface area (Å²) in [5.41, 5.74) is 2.35. The van der Waals surface area contributed by atoms with E-state index in [0.717, 1.165) is 25.7 Å². The summed E-state index contributed by atoms with van der Waals surface area (Å²) in [4.78, 5) is 26.4. The molecule has 2 aromatic carbocycles. The maximum absolute atomic E-state index is 16.4. The molecule has 200 valence electrons. The summed E-state index contributed by atoms with van der Waals surface area (Å²) in [6, 6.07) is 10.5. The van der Waals surface area contributed by atoms with Crippen LogP contribution in [0, 0.1) is 24.5 Å². The maximum Gasteiger partial charge on any atom is 0.255 e. The van der Waals surface area contributed by atoms with Crippen molar-refractivity contribution in [3.05, 3.63) is 77.0 Å². The SMILES string of the molecule is CNC(=O)c1c(-c2ccc(F)cc2)nn2ccc(-c3cc(C(=O)NC4(C5CC5)CC4)c(OC)cc3C)c(F)c12. The van der Waals surface area contributed by atoms with Crippen LogP contribution in [0.1, 0.15) is 52.0 Å². The molecule has 0 bridgehead atoms. The van der Waals surface area contributed by atoms with Gasteiger partial charge in [0.15, 0.2) is 5.82 Å². The summed E-state index contributed by atoms with van der Waals surface area (Å²) in [6.07, 6.45) is 5.76. The highest BCUT2D eigenvalue weighted by molar-refractivity contribution is 6.07. The standard InChI is InChI=1S/C30H28F2N4O3/c1-16-14-23(39-3)22(28(37)34-30(11-12-30)18-6-7-18)15-21(16)20-10-13-36-27(25(20)32)24(29(38)33-2)26(35-36)17-4-8-19(31)9-5-17/h4-5,8-10,13-15,18H,6-7,11-12H2,1-3H3,(H,33,38)(H,34,37). The number of hydrogen-bond acceptors (Lipinski definition) is 4. The van der Waals surface area contributed by atoms with Crippen LogP contribution >= 0.6 is 0 Å². The molecule has 7 nitrogen and oxygen atoms in total. The Morgan fingerprint density at radius 1 is 1.05 bits per heavy atom. The van der Waals surface area contributed by atoms with Crippen LogP contribution in [0.15, 0.2) is 48.7 Å². The zero-order chi connectivity index (χ0) is 27.5. The lowest BCUT2D eigenvalue weighted by molar-refractivity contribution is 0.0921. The van der Waals surface area contributed by atoms with Gasteiger partial charge in [-0.15, -0.1) is 0 Å². The van der Waals surface area contributed by atoms with Crippen LogP contribution in [-0.2, 0) is 0 Å². The Morgan fingerprint density at radius 3 is 2.38 bits per heavy atom. The highest BCUT2D eigenvalue weighted by atomic mass is 19.1. The van der Waals surface area contributed by atoms with Crippen molar-refractivity contribution in [1.82, 2.24) is 20.2 Å². The lowest BCUT2D eigenvalue weighted by Gasteiger charge is -2.19. The van der Waals surface area contributed by atoms with Crippen molar-refractivity contribution < 1.29 is 23.1 Å². The summed E-state index contributed by atoms with van der Waals surface area (Å²) in [6.45, 7) is 1.82. The highest BCUT2D eigenvalue weighted by Crippen LogP contribution is 2.54. The Hall–Kier alpha value is -4.27. The number of amides is 2. The molecule has 6 rings (SSSR count). The molecule has 39 heavy (non-hydrogen) atoms. The van der Waals surface area contributed by atoms with E-state index < -0.39 is 17.5 Å². The van der Waals surface area contributed by atoms with E-state index in [2.05, 4.69) is 15.7 Å². The van der Waals surface area contributed by atoms with Crippen molar-refractivity contribution in [2.45, 2.75) is 38.1 Å². The van der Waals surface area contributed by atoms with E-state index >= 15 is 4.39 Å². The maximum atomic E-state index is 16.4. The molecule has 2 N–H and O–H groups in total. The minimum Gasteiger partial charge on any atom is -0.496 e. The smallest absolute Gasteiger partial charge is 0.255 e. The number of halogens is 2. The van der Waals surface area contributed by atoms with Crippen molar-refractivity contribution in [3.63, 3.8) is 0 Å². The third-order valence-corrected chi connectivity index (χ3v) is 7.90. The van der Waals surface area contributed by atoms with Crippen molar-refractivity contribution >= 4 is 17.3 Å². The van der Waals surface area contributed by atoms with Gasteiger partial charge in [0.2, 0.25) is 0 Å². The Morgan fingerprint density at radius 2 is 1.77 bits per heavy atom. The number of ether oxygens (including phenoxy) is 1. The zero-order valence-corrected chi connectivity index (χ0v) is 21.9. The summed E-state index contributed by atoms with van der Waals surface area (Å²) in [5.74, 6) is -0.923. The minimum absolute atomic E-state index is 0.0157. The van der Waals surface area contributed by atoms with Crippen LogP contribution in [0.25, 0.3) is 27.9 Å². The van der Waals surface area contributed by atoms with Gasteiger partial charge in [-0.25, -0.2) is 13.3 Å². The van der Waals surface area contributed by atoms with E-state index in [0.29, 0.717) is 33.9 Å². The van der Waals surface area contributed by atoms with Crippen LogP contribution in [0.4, 0.5) is 8.78 Å². The molecule has 0 saturated heterocycles. The van der Waals surface area contributed by atoms with E-state index in [-0.39, 0.29) is 33.8 Å². The highest BCUT2D eigenvalue weighted by Gasteiger charge is 2.55. The second-order valence-corrected chi connectivity index (χ2v) is 10.4. The first-order valence-corrected chi connectivity index (χ1v) is 13.0. The van der Waals surface area contributed by atoms with E-state index in [1.165, 1.54) is 42.9 Å². The third kappa shape index (κ3) is 4.22. The topological polar surface area (TPSA) is 84.7 Å². The normalized spacial score (nSPS) is 15.7. The number of carbonyl (C=O) groups excluding carboxylic acids is 2. The molecular formula is C30H28F2N4O3. The van der Waals surface area contributed by atoms with Crippen molar-refractivity contribution in [3.8, 4) is 28.1 Å². The molecule has 4 aromatic rings. The fourth-order valence-corrected chi connectivity index (χ4v) is 5.47. The van der Waals surface area contributed by atoms with Crippen molar-refractivity contribution in [2.75, 3.05) is 14.2 Å². The van der Waals surface area contributed by atoms with Crippen LogP contribution in [0.5, 0.6) is 5.75 Å². The van der Waals surface area contributed by atoms with E-state index in [9.17, 15) is 14.0 Å². The molecule has 2 aromatic heterocycles. The molecule has 0 radical (unpaired) electrons. The first-order chi connectivity index (χ1) is 18.8. The van der Waals surface area contributed by atoms with Gasteiger partial charge in [-0.2, -0.15) is 5.10 Å². The second kappa shape index (κ2) is 9.18. The van der Waals surface area contributed by atoms with Gasteiger partial charge >= 0.3 is 0 Å². The first-order valence-electron chi connectivity index (χ1n) is 13.0. The fraction of sp³-hybridized carbons (Fsp3) is 0.300. The van der Waals surface area contributed by atoms with Crippen LogP contribution in [0.3, 0.4) is 0 Å². The quantitative estimate of drug-likeness (QED) is 0.340. The van der Waals surface area contributed by atoms with Gasteiger partial charge in [0.05, 0.1) is 18.2 Å². The first kappa shape index (κ1) is 25.0. The molecule has 2 aliphatic carbocycles. The molecule has 0 aliphatic heterocycles. The number of aryl methyl sites for hydroxylation is 1. The van der Waals surface area contributed by atoms with Gasteiger partial charge in [0, 0.05) is 29.9 Å². The van der Waals surface area contributed by atoms with E-state index in [1.807, 2.05) is 6.92 Å². The van der Waals surface area contributed by atoms with Gasteiger partial charge in [-0.3, -0.25) is 9.59 Å². The molecule has 0 spiro atoms. The van der Waals surface area contributed by atoms with Crippen LogP contribution in [-0.4, -0.2) is 41.1 Å². The van der Waals surface area contributed by atoms with Gasteiger partial charge < -0.3 is 15.4 Å². The number of aromatic nitrogens is 2. The average molecular weight is 531 g/mol. The number of hydrogen-bond donors (Lipinski definition) is 2. The van der Waals surface area contributed by atoms with E-state index in [1.54, 1.807) is 24.4 Å². The van der Waals surface area contributed by atoms with Crippen LogP contribution < -0.4 is 15.4 Å². The predicted molar refractivity (Wildman–Crippen MR) is 143 cm³/mol. The Bertz CT molecular complexity index is 1640. The van der Waals surface area contributed by atoms with Gasteiger partial charge in [0.25, 0.3) is 11.8 Å². The minimum atomic E-state index is -0.659. The molecule has 0 unspecified atom stereocenters. The lowest BCUT2D eigenvalue weighted by Crippen LogP contribution is -2.38. The number of benzene rings is 2. The molecule has 9 heteroatoms. The molecule has 2 amide bonds. The van der Waals surface area contributed by atoms with Gasteiger partial charge in [0.1, 0.15) is 22.8 Å². The van der Waals surface area contributed by atoms with E-state index in [4.69, 9.17) is 4.74 Å². The number of fused-ring (bicyclic) bond motifs is 1. The predicted octanol–water partition coefficient (Wildman–Crippen LogP) is 5.30. The molecule has 2 saturated carbocycles. The Kier molecular flexibility index (Phi) is 5.89. The average Bonchev–Trinajstić information content (AvgIpc) is 3.86. The fourth-order valence-electron chi connectivity index (χ4n) is 5.47. The molecule has 0 atom stereocenters. The van der Waals surface area contributed by atoms with Crippen molar-refractivity contribution in [1.29, 1.82) is 0 Å². The number of pyridine rings is 1. The number of rotatable bonds is 7. The molecule has 2 heterocycles. The third-order valence-electron chi connectivity index (χ3n) is 7.90.